The zero-order chi connectivity index (χ0) is 18.8. The second kappa shape index (κ2) is 7.89. The Hall–Kier alpha value is -2.08. The van der Waals surface area contributed by atoms with E-state index in [1.165, 1.54) is 36.2 Å². The number of halogens is 2. The van der Waals surface area contributed by atoms with Crippen molar-refractivity contribution in [2.75, 3.05) is 18.0 Å². The Balaban J connectivity index is 1.32. The number of rotatable bonds is 4. The highest BCUT2D eigenvalue weighted by molar-refractivity contribution is 5.47. The minimum atomic E-state index is -0.796. The topological polar surface area (TPSA) is 41.1 Å². The standard InChI is InChI=1S/C21H26F2N4/c1-14-17-4-2-3-5-20(17)26-21(25-14)13-24-15-8-10-27(11-9-15)16-6-7-18(22)19(23)12-16/h6-7,12,15,24H,2-5,8-11,13H2,1H3. The molecule has 0 radical (unpaired) electrons. The van der Waals surface area contributed by atoms with Gasteiger partial charge in [-0.2, -0.15) is 0 Å². The summed E-state index contributed by atoms with van der Waals surface area (Å²) in [7, 11) is 0. The summed E-state index contributed by atoms with van der Waals surface area (Å²) in [5, 5.41) is 3.58. The predicted molar refractivity (Wildman–Crippen MR) is 102 cm³/mol. The van der Waals surface area contributed by atoms with Gasteiger partial charge in [0.15, 0.2) is 11.6 Å². The molecule has 144 valence electrons. The molecule has 1 aromatic carbocycles. The van der Waals surface area contributed by atoms with Crippen molar-refractivity contribution in [2.24, 2.45) is 0 Å². The predicted octanol–water partition coefficient (Wildman–Crippen LogP) is 3.70. The molecule has 27 heavy (non-hydrogen) atoms. The SMILES string of the molecule is Cc1nc(CNC2CCN(c3ccc(F)c(F)c3)CC2)nc2c1CCCC2. The summed E-state index contributed by atoms with van der Waals surface area (Å²) < 4.78 is 26.6. The van der Waals surface area contributed by atoms with Gasteiger partial charge in [0.1, 0.15) is 5.82 Å². The Morgan fingerprint density at radius 2 is 1.85 bits per heavy atom. The number of anilines is 1. The van der Waals surface area contributed by atoms with Crippen molar-refractivity contribution in [1.82, 2.24) is 15.3 Å². The number of aryl methyl sites for hydroxylation is 2. The van der Waals surface area contributed by atoms with E-state index in [9.17, 15) is 8.78 Å². The lowest BCUT2D eigenvalue weighted by Gasteiger charge is -2.34. The Morgan fingerprint density at radius 1 is 1.07 bits per heavy atom. The van der Waals surface area contributed by atoms with Crippen LogP contribution in [-0.2, 0) is 19.4 Å². The average Bonchev–Trinajstić information content (AvgIpc) is 2.69. The summed E-state index contributed by atoms with van der Waals surface area (Å²) in [5.41, 5.74) is 4.47. The summed E-state index contributed by atoms with van der Waals surface area (Å²) in [6.45, 7) is 4.43. The first-order chi connectivity index (χ1) is 13.1. The summed E-state index contributed by atoms with van der Waals surface area (Å²) >= 11 is 0. The van der Waals surface area contributed by atoms with Crippen molar-refractivity contribution in [1.29, 1.82) is 0 Å². The molecular formula is C21H26F2N4. The number of fused-ring (bicyclic) bond motifs is 1. The monoisotopic (exact) mass is 372 g/mol. The third-order valence-electron chi connectivity index (χ3n) is 5.75. The van der Waals surface area contributed by atoms with Crippen LogP contribution in [0.5, 0.6) is 0 Å². The van der Waals surface area contributed by atoms with Gasteiger partial charge in [-0.05, 0) is 63.1 Å². The van der Waals surface area contributed by atoms with Gasteiger partial charge < -0.3 is 10.2 Å². The van der Waals surface area contributed by atoms with E-state index in [0.717, 1.165) is 56.0 Å². The van der Waals surface area contributed by atoms with Gasteiger partial charge in [0.25, 0.3) is 0 Å². The van der Waals surface area contributed by atoms with E-state index in [-0.39, 0.29) is 0 Å². The smallest absolute Gasteiger partial charge is 0.160 e. The molecular weight excluding hydrogens is 346 g/mol. The van der Waals surface area contributed by atoms with E-state index in [0.29, 0.717) is 12.6 Å². The summed E-state index contributed by atoms with van der Waals surface area (Å²) in [6.07, 6.45) is 6.56. The zero-order valence-electron chi connectivity index (χ0n) is 15.8. The Labute approximate surface area is 159 Å². The van der Waals surface area contributed by atoms with Crippen molar-refractivity contribution in [3.63, 3.8) is 0 Å². The fourth-order valence-electron chi connectivity index (χ4n) is 4.18. The lowest BCUT2D eigenvalue weighted by Crippen LogP contribution is -2.42. The third kappa shape index (κ3) is 4.10. The van der Waals surface area contributed by atoms with E-state index in [4.69, 9.17) is 9.97 Å². The highest BCUT2D eigenvalue weighted by atomic mass is 19.2. The molecule has 1 N–H and O–H groups in total. The highest BCUT2D eigenvalue weighted by Gasteiger charge is 2.21. The molecule has 0 saturated carbocycles. The zero-order valence-corrected chi connectivity index (χ0v) is 15.8. The van der Waals surface area contributed by atoms with Gasteiger partial charge in [0, 0.05) is 42.3 Å². The van der Waals surface area contributed by atoms with Crippen LogP contribution in [0.4, 0.5) is 14.5 Å². The van der Waals surface area contributed by atoms with Crippen LogP contribution in [0.1, 0.15) is 48.5 Å². The lowest BCUT2D eigenvalue weighted by molar-refractivity contribution is 0.408. The molecule has 6 heteroatoms. The van der Waals surface area contributed by atoms with Gasteiger partial charge in [-0.15, -0.1) is 0 Å². The van der Waals surface area contributed by atoms with Crippen LogP contribution in [-0.4, -0.2) is 29.1 Å². The number of piperidine rings is 1. The molecule has 1 fully saturated rings. The molecule has 1 saturated heterocycles. The van der Waals surface area contributed by atoms with Crippen molar-refractivity contribution >= 4 is 5.69 Å². The van der Waals surface area contributed by atoms with E-state index in [2.05, 4.69) is 17.1 Å². The van der Waals surface area contributed by atoms with E-state index in [1.54, 1.807) is 6.07 Å². The summed E-state index contributed by atoms with van der Waals surface area (Å²) in [5.74, 6) is -0.695. The first-order valence-corrected chi connectivity index (χ1v) is 9.89. The van der Waals surface area contributed by atoms with Crippen LogP contribution >= 0.6 is 0 Å². The van der Waals surface area contributed by atoms with Crippen molar-refractivity contribution in [3.05, 3.63) is 52.6 Å². The number of nitrogens with one attached hydrogen (secondary N) is 1. The largest absolute Gasteiger partial charge is 0.371 e. The summed E-state index contributed by atoms with van der Waals surface area (Å²) in [4.78, 5) is 11.6. The lowest BCUT2D eigenvalue weighted by atomic mass is 9.95. The molecule has 1 aliphatic heterocycles. The molecule has 0 amide bonds. The number of hydrogen-bond acceptors (Lipinski definition) is 4. The molecule has 4 rings (SSSR count). The van der Waals surface area contributed by atoms with Gasteiger partial charge in [-0.25, -0.2) is 18.7 Å². The molecule has 0 unspecified atom stereocenters. The second-order valence-corrected chi connectivity index (χ2v) is 7.60. The van der Waals surface area contributed by atoms with Gasteiger partial charge in [0.2, 0.25) is 0 Å². The molecule has 2 aromatic rings. The van der Waals surface area contributed by atoms with Crippen molar-refractivity contribution < 1.29 is 8.78 Å². The molecule has 1 aromatic heterocycles. The highest BCUT2D eigenvalue weighted by Crippen LogP contribution is 2.23. The van der Waals surface area contributed by atoms with Gasteiger partial charge in [0.05, 0.1) is 6.54 Å². The van der Waals surface area contributed by atoms with Crippen LogP contribution < -0.4 is 10.2 Å². The van der Waals surface area contributed by atoms with Crippen LogP contribution in [0, 0.1) is 18.6 Å². The van der Waals surface area contributed by atoms with Crippen LogP contribution in [0.2, 0.25) is 0 Å². The normalized spacial score (nSPS) is 17.8. The minimum absolute atomic E-state index is 0.395. The average molecular weight is 372 g/mol. The maximum atomic E-state index is 13.4. The molecule has 0 bridgehead atoms. The number of aromatic nitrogens is 2. The number of nitrogens with zero attached hydrogens (tertiary/aromatic N) is 3. The molecule has 1 aliphatic carbocycles. The van der Waals surface area contributed by atoms with Crippen molar-refractivity contribution in [2.45, 2.75) is 58.0 Å². The first kappa shape index (κ1) is 18.3. The van der Waals surface area contributed by atoms with Gasteiger partial charge in [-0.3, -0.25) is 0 Å². The number of hydrogen-bond donors (Lipinski definition) is 1. The Morgan fingerprint density at radius 3 is 2.63 bits per heavy atom. The molecule has 2 aliphatic rings. The third-order valence-corrected chi connectivity index (χ3v) is 5.75. The van der Waals surface area contributed by atoms with Crippen LogP contribution in [0.15, 0.2) is 18.2 Å². The molecule has 2 heterocycles. The Kier molecular flexibility index (Phi) is 5.34. The quantitative estimate of drug-likeness (QED) is 0.889. The van der Waals surface area contributed by atoms with Gasteiger partial charge >= 0.3 is 0 Å². The Bertz CT molecular complexity index is 816. The van der Waals surface area contributed by atoms with E-state index in [1.807, 2.05) is 0 Å². The van der Waals surface area contributed by atoms with Crippen molar-refractivity contribution in [3.8, 4) is 0 Å². The molecule has 0 atom stereocenters. The summed E-state index contributed by atoms with van der Waals surface area (Å²) in [6, 6.07) is 4.53. The molecule has 4 nitrogen and oxygen atoms in total. The maximum absolute atomic E-state index is 13.4. The maximum Gasteiger partial charge on any atom is 0.160 e. The fourth-order valence-corrected chi connectivity index (χ4v) is 4.18. The second-order valence-electron chi connectivity index (χ2n) is 7.60. The van der Waals surface area contributed by atoms with Crippen LogP contribution in [0.3, 0.4) is 0 Å². The first-order valence-electron chi connectivity index (χ1n) is 9.89. The number of benzene rings is 1. The van der Waals surface area contributed by atoms with E-state index < -0.39 is 11.6 Å². The van der Waals surface area contributed by atoms with Gasteiger partial charge in [-0.1, -0.05) is 0 Å². The van der Waals surface area contributed by atoms with E-state index >= 15 is 0 Å². The fraction of sp³-hybridized carbons (Fsp3) is 0.524. The minimum Gasteiger partial charge on any atom is -0.371 e. The molecule has 0 spiro atoms. The van der Waals surface area contributed by atoms with Crippen LogP contribution in [0.25, 0.3) is 0 Å².